The lowest BCUT2D eigenvalue weighted by atomic mass is 9.87. The molecule has 0 fully saturated rings. The Morgan fingerprint density at radius 3 is 2.88 bits per heavy atom. The van der Waals surface area contributed by atoms with Gasteiger partial charge in [-0.25, -0.2) is 4.98 Å². The predicted molar refractivity (Wildman–Crippen MR) is 66.6 cm³/mol. The Hall–Kier alpha value is -1.77. The van der Waals surface area contributed by atoms with Gasteiger partial charge in [0.2, 0.25) is 0 Å². The first-order chi connectivity index (χ1) is 8.05. The zero-order valence-electron chi connectivity index (χ0n) is 10.4. The normalized spacial score (nSPS) is 13.8. The molecule has 1 aromatic heterocycles. The van der Waals surface area contributed by atoms with Crippen LogP contribution >= 0.6 is 0 Å². The average molecular weight is 228 g/mol. The number of imidazole rings is 1. The molecule has 0 atom stereocenters. The Kier molecular flexibility index (Phi) is 2.05. The zero-order valence-corrected chi connectivity index (χ0v) is 10.4. The highest BCUT2D eigenvalue weighted by Crippen LogP contribution is 2.34. The van der Waals surface area contributed by atoms with E-state index in [2.05, 4.69) is 48.5 Å². The van der Waals surface area contributed by atoms with Crippen molar-refractivity contribution in [3.05, 3.63) is 42.0 Å². The molecule has 0 aliphatic carbocycles. The summed E-state index contributed by atoms with van der Waals surface area (Å²) in [7, 11) is 0. The fourth-order valence-electron chi connectivity index (χ4n) is 2.09. The molecule has 0 amide bonds. The van der Waals surface area contributed by atoms with E-state index in [4.69, 9.17) is 4.74 Å². The highest BCUT2D eigenvalue weighted by molar-refractivity contribution is 5.52. The number of hydrogen-bond donors (Lipinski definition) is 0. The molecule has 0 N–H and O–H groups in total. The lowest BCUT2D eigenvalue weighted by molar-refractivity contribution is 0.284. The number of nitrogens with zero attached hydrogens (tertiary/aromatic N) is 2. The Bertz CT molecular complexity index is 564. The standard InChI is InChI=1S/C14H16N2O/c1-14(2,3)10-4-5-12-13(6-10)17-8-11-7-15-9-16(11)12/h4-7,9H,8H2,1-3H3. The molecule has 0 spiro atoms. The number of rotatable bonds is 0. The molecule has 0 radical (unpaired) electrons. The van der Waals surface area contributed by atoms with Crippen LogP contribution < -0.4 is 4.74 Å². The Labute approximate surface area is 101 Å². The van der Waals surface area contributed by atoms with Gasteiger partial charge in [-0.05, 0) is 23.1 Å². The molecule has 0 saturated carbocycles. The minimum Gasteiger partial charge on any atom is -0.485 e. The molecule has 3 rings (SSSR count). The zero-order chi connectivity index (χ0) is 12.0. The first-order valence-corrected chi connectivity index (χ1v) is 5.84. The van der Waals surface area contributed by atoms with Crippen molar-refractivity contribution < 1.29 is 4.74 Å². The topological polar surface area (TPSA) is 27.1 Å². The molecule has 2 aromatic rings. The van der Waals surface area contributed by atoms with E-state index >= 15 is 0 Å². The Morgan fingerprint density at radius 2 is 2.12 bits per heavy atom. The van der Waals surface area contributed by atoms with Crippen LogP contribution in [0.15, 0.2) is 30.7 Å². The fraction of sp³-hybridized carbons (Fsp3) is 0.357. The van der Waals surface area contributed by atoms with Crippen molar-refractivity contribution in [2.24, 2.45) is 0 Å². The van der Waals surface area contributed by atoms with Crippen LogP contribution in [-0.4, -0.2) is 9.55 Å². The van der Waals surface area contributed by atoms with E-state index in [1.807, 2.05) is 12.5 Å². The van der Waals surface area contributed by atoms with E-state index in [9.17, 15) is 0 Å². The van der Waals surface area contributed by atoms with Crippen LogP contribution in [0.2, 0.25) is 0 Å². The monoisotopic (exact) mass is 228 g/mol. The third-order valence-corrected chi connectivity index (χ3v) is 3.18. The summed E-state index contributed by atoms with van der Waals surface area (Å²) in [5.41, 5.74) is 3.62. The summed E-state index contributed by atoms with van der Waals surface area (Å²) in [6.07, 6.45) is 3.69. The minimum atomic E-state index is 0.146. The Balaban J connectivity index is 2.14. The quantitative estimate of drug-likeness (QED) is 0.693. The fourth-order valence-corrected chi connectivity index (χ4v) is 2.09. The number of hydrogen-bond acceptors (Lipinski definition) is 2. The van der Waals surface area contributed by atoms with Crippen LogP contribution in [-0.2, 0) is 12.0 Å². The molecule has 3 heteroatoms. The summed E-state index contributed by atoms with van der Waals surface area (Å²) in [6, 6.07) is 6.41. The van der Waals surface area contributed by atoms with Gasteiger partial charge in [0.25, 0.3) is 0 Å². The molecule has 0 saturated heterocycles. The van der Waals surface area contributed by atoms with Crippen LogP contribution in [0.25, 0.3) is 5.69 Å². The SMILES string of the molecule is CC(C)(C)c1ccc2c(c1)OCc1cncn1-2. The summed E-state index contributed by atoms with van der Waals surface area (Å²) < 4.78 is 7.87. The number of fused-ring (bicyclic) bond motifs is 3. The molecule has 1 aliphatic rings. The van der Waals surface area contributed by atoms with Crippen LogP contribution in [0.3, 0.4) is 0 Å². The van der Waals surface area contributed by atoms with Gasteiger partial charge < -0.3 is 4.74 Å². The van der Waals surface area contributed by atoms with Gasteiger partial charge in [0.1, 0.15) is 12.4 Å². The highest BCUT2D eigenvalue weighted by atomic mass is 16.5. The maximum absolute atomic E-state index is 5.78. The molecule has 0 unspecified atom stereocenters. The highest BCUT2D eigenvalue weighted by Gasteiger charge is 2.20. The first kappa shape index (κ1) is 10.4. The lowest BCUT2D eigenvalue weighted by Crippen LogP contribution is -2.15. The van der Waals surface area contributed by atoms with Crippen molar-refractivity contribution in [2.75, 3.05) is 0 Å². The van der Waals surface area contributed by atoms with Crippen LogP contribution in [0.5, 0.6) is 5.75 Å². The van der Waals surface area contributed by atoms with Gasteiger partial charge in [-0.1, -0.05) is 26.8 Å². The molecule has 3 nitrogen and oxygen atoms in total. The van der Waals surface area contributed by atoms with E-state index in [0.717, 1.165) is 17.1 Å². The lowest BCUT2D eigenvalue weighted by Gasteiger charge is -2.24. The average Bonchev–Trinajstić information content (AvgIpc) is 2.75. The van der Waals surface area contributed by atoms with E-state index in [0.29, 0.717) is 6.61 Å². The Morgan fingerprint density at radius 1 is 1.29 bits per heavy atom. The molecule has 17 heavy (non-hydrogen) atoms. The van der Waals surface area contributed by atoms with Crippen molar-refractivity contribution in [1.82, 2.24) is 9.55 Å². The van der Waals surface area contributed by atoms with Crippen molar-refractivity contribution in [3.8, 4) is 11.4 Å². The second-order valence-corrected chi connectivity index (χ2v) is 5.48. The molecule has 88 valence electrons. The molecule has 1 aromatic carbocycles. The smallest absolute Gasteiger partial charge is 0.144 e. The van der Waals surface area contributed by atoms with Gasteiger partial charge in [-0.3, -0.25) is 4.57 Å². The predicted octanol–water partition coefficient (Wildman–Crippen LogP) is 3.06. The minimum absolute atomic E-state index is 0.146. The van der Waals surface area contributed by atoms with Gasteiger partial charge in [-0.2, -0.15) is 0 Å². The van der Waals surface area contributed by atoms with E-state index in [-0.39, 0.29) is 5.41 Å². The molecular formula is C14H16N2O. The van der Waals surface area contributed by atoms with Gasteiger partial charge >= 0.3 is 0 Å². The van der Waals surface area contributed by atoms with Crippen LogP contribution in [0, 0.1) is 0 Å². The molecule has 1 aliphatic heterocycles. The number of ether oxygens (including phenoxy) is 1. The largest absolute Gasteiger partial charge is 0.485 e. The molecule has 0 bridgehead atoms. The number of aromatic nitrogens is 2. The van der Waals surface area contributed by atoms with Crippen LogP contribution in [0.4, 0.5) is 0 Å². The number of benzene rings is 1. The summed E-state index contributed by atoms with van der Waals surface area (Å²) >= 11 is 0. The summed E-state index contributed by atoms with van der Waals surface area (Å²) in [5.74, 6) is 0.947. The van der Waals surface area contributed by atoms with Gasteiger partial charge in [0, 0.05) is 0 Å². The van der Waals surface area contributed by atoms with E-state index < -0.39 is 0 Å². The summed E-state index contributed by atoms with van der Waals surface area (Å²) in [4.78, 5) is 4.16. The van der Waals surface area contributed by atoms with Gasteiger partial charge in [0.05, 0.1) is 23.9 Å². The summed E-state index contributed by atoms with van der Waals surface area (Å²) in [5, 5.41) is 0. The van der Waals surface area contributed by atoms with Gasteiger partial charge in [0.15, 0.2) is 0 Å². The van der Waals surface area contributed by atoms with Crippen molar-refractivity contribution in [1.29, 1.82) is 0 Å². The third kappa shape index (κ3) is 1.62. The van der Waals surface area contributed by atoms with Crippen LogP contribution in [0.1, 0.15) is 32.0 Å². The van der Waals surface area contributed by atoms with E-state index in [1.165, 1.54) is 5.56 Å². The maximum Gasteiger partial charge on any atom is 0.144 e. The second kappa shape index (κ2) is 3.36. The van der Waals surface area contributed by atoms with Crippen molar-refractivity contribution in [2.45, 2.75) is 32.8 Å². The first-order valence-electron chi connectivity index (χ1n) is 5.84. The second-order valence-electron chi connectivity index (χ2n) is 5.48. The molecular weight excluding hydrogens is 212 g/mol. The summed E-state index contributed by atoms with van der Waals surface area (Å²) in [6.45, 7) is 7.22. The third-order valence-electron chi connectivity index (χ3n) is 3.18. The van der Waals surface area contributed by atoms with Gasteiger partial charge in [-0.15, -0.1) is 0 Å². The van der Waals surface area contributed by atoms with Crippen molar-refractivity contribution in [3.63, 3.8) is 0 Å². The maximum atomic E-state index is 5.78. The van der Waals surface area contributed by atoms with Crippen molar-refractivity contribution >= 4 is 0 Å². The molecule has 2 heterocycles. The van der Waals surface area contributed by atoms with E-state index in [1.54, 1.807) is 0 Å².